The molecule has 0 amide bonds. The van der Waals surface area contributed by atoms with Crippen molar-refractivity contribution in [1.82, 2.24) is 9.55 Å². The van der Waals surface area contributed by atoms with Crippen LogP contribution in [-0.4, -0.2) is 23.8 Å². The van der Waals surface area contributed by atoms with Gasteiger partial charge in [0.25, 0.3) is 0 Å². The Morgan fingerprint density at radius 3 is 2.63 bits per heavy atom. The van der Waals surface area contributed by atoms with Crippen molar-refractivity contribution in [1.29, 1.82) is 5.41 Å². The topological polar surface area (TPSA) is 82.5 Å². The van der Waals surface area contributed by atoms with Gasteiger partial charge in [-0.15, -0.1) is 0 Å². The number of hydrogen-bond donors (Lipinski definition) is 1. The fourth-order valence-corrected chi connectivity index (χ4v) is 4.77. The molecule has 0 spiro atoms. The maximum Gasteiger partial charge on any atom is 0.228 e. The Balaban J connectivity index is 1.60. The van der Waals surface area contributed by atoms with Crippen LogP contribution in [0.15, 0.2) is 83.7 Å². The molecule has 0 aliphatic carbocycles. The van der Waals surface area contributed by atoms with Crippen molar-refractivity contribution in [3.63, 3.8) is 0 Å². The molecule has 2 aromatic heterocycles. The first-order valence-corrected chi connectivity index (χ1v) is 11.3. The summed E-state index contributed by atoms with van der Waals surface area (Å²) in [5.74, 6) is 2.91. The van der Waals surface area contributed by atoms with E-state index >= 15 is 0 Å². The molecule has 6 rings (SSSR count). The molecule has 0 unspecified atom stereocenters. The van der Waals surface area contributed by atoms with Crippen LogP contribution in [0.3, 0.4) is 0 Å². The molecule has 0 fully saturated rings. The van der Waals surface area contributed by atoms with E-state index in [-0.39, 0.29) is 5.92 Å². The zero-order valence-electron chi connectivity index (χ0n) is 19.3. The van der Waals surface area contributed by atoms with Gasteiger partial charge in [0.2, 0.25) is 5.88 Å². The first kappa shape index (κ1) is 21.0. The summed E-state index contributed by atoms with van der Waals surface area (Å²) in [6.07, 6.45) is 3.26. The average molecular weight is 466 g/mol. The Morgan fingerprint density at radius 2 is 1.83 bits per heavy atom. The van der Waals surface area contributed by atoms with Crippen LogP contribution in [0.5, 0.6) is 23.1 Å². The van der Waals surface area contributed by atoms with Gasteiger partial charge in [-0.2, -0.15) is 0 Å². The highest BCUT2D eigenvalue weighted by atomic mass is 16.5. The molecule has 1 N–H and O–H groups in total. The third-order valence-corrected chi connectivity index (χ3v) is 6.44. The summed E-state index contributed by atoms with van der Waals surface area (Å²) in [6, 6.07) is 21.9. The SMILES string of the molecule is COc1ccc([C@H]2c3ccc4ccccc4c3Oc3ncn(Cc4ccco4)c(=N)c32)cc1OC. The van der Waals surface area contributed by atoms with Crippen molar-refractivity contribution in [2.75, 3.05) is 14.2 Å². The van der Waals surface area contributed by atoms with Crippen LogP contribution >= 0.6 is 0 Å². The second kappa shape index (κ2) is 8.36. The number of furan rings is 1. The summed E-state index contributed by atoms with van der Waals surface area (Å²) in [7, 11) is 3.24. The van der Waals surface area contributed by atoms with E-state index in [0.29, 0.717) is 35.0 Å². The molecule has 0 radical (unpaired) electrons. The van der Waals surface area contributed by atoms with Crippen molar-refractivity contribution >= 4 is 10.8 Å². The Kier molecular flexibility index (Phi) is 5.03. The highest BCUT2D eigenvalue weighted by molar-refractivity contribution is 5.91. The summed E-state index contributed by atoms with van der Waals surface area (Å²) in [6.45, 7) is 0.398. The van der Waals surface area contributed by atoms with E-state index in [1.807, 2.05) is 48.5 Å². The van der Waals surface area contributed by atoms with Gasteiger partial charge in [0.1, 0.15) is 23.3 Å². The number of aromatic nitrogens is 2. The van der Waals surface area contributed by atoms with Gasteiger partial charge in [0.05, 0.1) is 32.6 Å². The summed E-state index contributed by atoms with van der Waals surface area (Å²) in [4.78, 5) is 4.64. The minimum Gasteiger partial charge on any atom is -0.493 e. The van der Waals surface area contributed by atoms with Crippen molar-refractivity contribution in [2.45, 2.75) is 12.5 Å². The number of fused-ring (bicyclic) bond motifs is 4. The first-order chi connectivity index (χ1) is 17.2. The molecule has 0 saturated carbocycles. The van der Waals surface area contributed by atoms with Crippen LogP contribution in [0.2, 0.25) is 0 Å². The van der Waals surface area contributed by atoms with Gasteiger partial charge < -0.3 is 23.2 Å². The highest BCUT2D eigenvalue weighted by Gasteiger charge is 2.33. The van der Waals surface area contributed by atoms with Gasteiger partial charge in [0, 0.05) is 16.9 Å². The number of nitrogens with zero attached hydrogens (tertiary/aromatic N) is 2. The number of benzene rings is 3. The zero-order valence-corrected chi connectivity index (χ0v) is 19.3. The van der Waals surface area contributed by atoms with E-state index < -0.39 is 0 Å². The van der Waals surface area contributed by atoms with Gasteiger partial charge >= 0.3 is 0 Å². The maximum absolute atomic E-state index is 9.13. The molecule has 7 heteroatoms. The summed E-state index contributed by atoms with van der Waals surface area (Å²) in [5, 5.41) is 11.2. The van der Waals surface area contributed by atoms with E-state index in [0.717, 1.165) is 33.4 Å². The molecule has 5 aromatic rings. The fourth-order valence-electron chi connectivity index (χ4n) is 4.77. The van der Waals surface area contributed by atoms with Gasteiger partial charge in [0.15, 0.2) is 11.5 Å². The lowest BCUT2D eigenvalue weighted by Gasteiger charge is -2.29. The molecule has 1 aliphatic rings. The van der Waals surface area contributed by atoms with Crippen LogP contribution in [0.4, 0.5) is 0 Å². The van der Waals surface area contributed by atoms with Crippen molar-refractivity contribution in [2.24, 2.45) is 0 Å². The molecular formula is C28H23N3O4. The zero-order chi connectivity index (χ0) is 23.9. The molecular weight excluding hydrogens is 442 g/mol. The molecule has 1 atom stereocenters. The molecule has 1 aliphatic heterocycles. The molecule has 35 heavy (non-hydrogen) atoms. The van der Waals surface area contributed by atoms with E-state index in [1.165, 1.54) is 0 Å². The number of rotatable bonds is 5. The second-order valence-electron chi connectivity index (χ2n) is 8.37. The predicted molar refractivity (Wildman–Crippen MR) is 130 cm³/mol. The van der Waals surface area contributed by atoms with E-state index in [9.17, 15) is 0 Å². The smallest absolute Gasteiger partial charge is 0.228 e. The monoisotopic (exact) mass is 465 g/mol. The van der Waals surface area contributed by atoms with Gasteiger partial charge in [-0.25, -0.2) is 4.98 Å². The number of nitrogens with one attached hydrogen (secondary N) is 1. The molecule has 3 heterocycles. The molecule has 3 aromatic carbocycles. The number of ether oxygens (including phenoxy) is 3. The van der Waals surface area contributed by atoms with Crippen molar-refractivity contribution in [3.8, 4) is 23.1 Å². The Morgan fingerprint density at radius 1 is 0.971 bits per heavy atom. The third-order valence-electron chi connectivity index (χ3n) is 6.44. The van der Waals surface area contributed by atoms with Gasteiger partial charge in [-0.1, -0.05) is 42.5 Å². The minimum absolute atomic E-state index is 0.290. The molecule has 0 bridgehead atoms. The van der Waals surface area contributed by atoms with Crippen molar-refractivity contribution < 1.29 is 18.6 Å². The standard InChI is InChI=1S/C28H23N3O4/c1-32-22-12-10-18(14-23(22)33-2)24-21-11-9-17-6-3-4-8-20(17)26(21)35-28-25(24)27(29)31(16-30-28)15-19-7-5-13-34-19/h3-14,16,24,29H,15H2,1-2H3/t24-/m0/s1. The summed E-state index contributed by atoms with van der Waals surface area (Å²) in [5.41, 5.74) is 2.92. The second-order valence-corrected chi connectivity index (χ2v) is 8.37. The van der Waals surface area contributed by atoms with Crippen LogP contribution in [0, 0.1) is 5.41 Å². The van der Waals surface area contributed by atoms with E-state index in [2.05, 4.69) is 23.2 Å². The Bertz CT molecular complexity index is 1610. The number of methoxy groups -OCH3 is 2. The van der Waals surface area contributed by atoms with Crippen LogP contribution in [0.25, 0.3) is 10.8 Å². The lowest BCUT2D eigenvalue weighted by Crippen LogP contribution is -2.30. The molecule has 0 saturated heterocycles. The Hall–Kier alpha value is -4.52. The lowest BCUT2D eigenvalue weighted by atomic mass is 9.82. The molecule has 7 nitrogen and oxygen atoms in total. The van der Waals surface area contributed by atoms with Crippen LogP contribution in [0.1, 0.15) is 28.4 Å². The van der Waals surface area contributed by atoms with Gasteiger partial charge in [-0.3, -0.25) is 5.41 Å². The normalized spacial score (nSPS) is 14.2. The fraction of sp³-hybridized carbons (Fsp3) is 0.143. The van der Waals surface area contributed by atoms with Crippen LogP contribution in [-0.2, 0) is 6.54 Å². The predicted octanol–water partition coefficient (Wildman–Crippen LogP) is 5.46. The largest absolute Gasteiger partial charge is 0.493 e. The average Bonchev–Trinajstić information content (AvgIpc) is 3.42. The van der Waals surface area contributed by atoms with Gasteiger partial charge in [-0.05, 0) is 35.2 Å². The van der Waals surface area contributed by atoms with E-state index in [1.54, 1.807) is 31.4 Å². The summed E-state index contributed by atoms with van der Waals surface area (Å²) >= 11 is 0. The summed E-state index contributed by atoms with van der Waals surface area (Å²) < 4.78 is 24.7. The lowest BCUT2D eigenvalue weighted by molar-refractivity contribution is 0.354. The van der Waals surface area contributed by atoms with E-state index in [4.69, 9.17) is 24.0 Å². The van der Waals surface area contributed by atoms with Crippen LogP contribution < -0.4 is 19.7 Å². The third kappa shape index (κ3) is 3.44. The quantitative estimate of drug-likeness (QED) is 0.366. The minimum atomic E-state index is -0.290. The Labute approximate surface area is 201 Å². The maximum atomic E-state index is 9.13. The van der Waals surface area contributed by atoms with Crippen molar-refractivity contribution in [3.05, 3.63) is 107 Å². The number of hydrogen-bond acceptors (Lipinski definition) is 6. The first-order valence-electron chi connectivity index (χ1n) is 11.3. The molecule has 174 valence electrons. The highest BCUT2D eigenvalue weighted by Crippen LogP contribution is 2.48.